The number of rotatable bonds is 2. The standard InChI is InChI=1S/C16H22N4O/c1-19(2)13-4-3-7-20(10-13)16(21)15-9-11-8-12(17)5-6-14(11)18-15/h5-6,8-9,13,18H,3-4,7,10,17H2,1-2H3. The fourth-order valence-corrected chi connectivity index (χ4v) is 3.00. The van der Waals surface area contributed by atoms with E-state index in [0.717, 1.165) is 36.8 Å². The number of hydrogen-bond acceptors (Lipinski definition) is 3. The average Bonchev–Trinajstić information content (AvgIpc) is 2.89. The molecule has 1 unspecified atom stereocenters. The molecule has 1 fully saturated rings. The number of anilines is 1. The van der Waals surface area contributed by atoms with Crippen molar-refractivity contribution in [2.45, 2.75) is 18.9 Å². The zero-order valence-corrected chi connectivity index (χ0v) is 12.6. The van der Waals surface area contributed by atoms with E-state index >= 15 is 0 Å². The number of nitrogens with two attached hydrogens (primary N) is 1. The second-order valence-electron chi connectivity index (χ2n) is 6.04. The quantitative estimate of drug-likeness (QED) is 0.829. The number of benzene rings is 1. The van der Waals surface area contributed by atoms with Gasteiger partial charge in [0.2, 0.25) is 0 Å². The molecule has 0 radical (unpaired) electrons. The van der Waals surface area contributed by atoms with E-state index in [0.29, 0.717) is 17.4 Å². The van der Waals surface area contributed by atoms with Crippen LogP contribution < -0.4 is 5.73 Å². The Bertz CT molecular complexity index is 661. The van der Waals surface area contributed by atoms with E-state index in [2.05, 4.69) is 24.0 Å². The Morgan fingerprint density at radius 1 is 1.38 bits per heavy atom. The van der Waals surface area contributed by atoms with E-state index in [9.17, 15) is 4.79 Å². The molecule has 1 aliphatic heterocycles. The normalized spacial score (nSPS) is 19.4. The number of piperidine rings is 1. The van der Waals surface area contributed by atoms with E-state index in [-0.39, 0.29) is 5.91 Å². The number of nitrogen functional groups attached to an aromatic ring is 1. The van der Waals surface area contributed by atoms with E-state index in [1.165, 1.54) is 0 Å². The summed E-state index contributed by atoms with van der Waals surface area (Å²) in [6.07, 6.45) is 2.21. The molecule has 5 nitrogen and oxygen atoms in total. The number of hydrogen-bond donors (Lipinski definition) is 2. The zero-order chi connectivity index (χ0) is 15.0. The first kappa shape index (κ1) is 13.9. The molecule has 1 aromatic carbocycles. The number of carbonyl (C=O) groups excluding carboxylic acids is 1. The maximum Gasteiger partial charge on any atom is 0.270 e. The molecule has 2 heterocycles. The third-order valence-corrected chi connectivity index (χ3v) is 4.29. The van der Waals surface area contributed by atoms with Gasteiger partial charge in [-0.1, -0.05) is 0 Å². The lowest BCUT2D eigenvalue weighted by Gasteiger charge is -2.35. The van der Waals surface area contributed by atoms with Gasteiger partial charge in [0.05, 0.1) is 0 Å². The lowest BCUT2D eigenvalue weighted by molar-refractivity contribution is 0.0630. The van der Waals surface area contributed by atoms with Crippen molar-refractivity contribution in [3.05, 3.63) is 30.0 Å². The minimum atomic E-state index is 0.0799. The molecule has 0 bridgehead atoms. The minimum Gasteiger partial charge on any atom is -0.399 e. The molecule has 0 saturated carbocycles. The van der Waals surface area contributed by atoms with Gasteiger partial charge in [-0.15, -0.1) is 0 Å². The molecule has 2 aromatic rings. The number of carbonyl (C=O) groups is 1. The Labute approximate surface area is 124 Å². The van der Waals surface area contributed by atoms with Gasteiger partial charge < -0.3 is 20.5 Å². The van der Waals surface area contributed by atoms with Crippen LogP contribution in [0.25, 0.3) is 10.9 Å². The zero-order valence-electron chi connectivity index (χ0n) is 12.6. The molecule has 3 N–H and O–H groups in total. The highest BCUT2D eigenvalue weighted by Gasteiger charge is 2.26. The van der Waals surface area contributed by atoms with Crippen LogP contribution in [-0.2, 0) is 0 Å². The summed E-state index contributed by atoms with van der Waals surface area (Å²) in [6.45, 7) is 1.63. The SMILES string of the molecule is CN(C)C1CCCN(C(=O)c2cc3cc(N)ccc3[nH]2)C1. The molecule has 112 valence electrons. The van der Waals surface area contributed by atoms with Gasteiger partial charge in [-0.25, -0.2) is 0 Å². The number of fused-ring (bicyclic) bond motifs is 1. The summed E-state index contributed by atoms with van der Waals surface area (Å²) in [5.74, 6) is 0.0799. The Hall–Kier alpha value is -2.01. The summed E-state index contributed by atoms with van der Waals surface area (Å²) >= 11 is 0. The summed E-state index contributed by atoms with van der Waals surface area (Å²) in [7, 11) is 4.15. The highest BCUT2D eigenvalue weighted by atomic mass is 16.2. The van der Waals surface area contributed by atoms with Crippen LogP contribution in [-0.4, -0.2) is 53.9 Å². The molecule has 0 spiro atoms. The van der Waals surface area contributed by atoms with Crippen LogP contribution in [0.4, 0.5) is 5.69 Å². The largest absolute Gasteiger partial charge is 0.399 e. The lowest BCUT2D eigenvalue weighted by atomic mass is 10.0. The molecule has 0 aliphatic carbocycles. The van der Waals surface area contributed by atoms with Crippen molar-refractivity contribution in [2.24, 2.45) is 0 Å². The van der Waals surface area contributed by atoms with Gasteiger partial charge in [0.25, 0.3) is 5.91 Å². The molecular weight excluding hydrogens is 264 g/mol. The lowest BCUT2D eigenvalue weighted by Crippen LogP contribution is -2.47. The van der Waals surface area contributed by atoms with Crippen molar-refractivity contribution < 1.29 is 4.79 Å². The highest BCUT2D eigenvalue weighted by Crippen LogP contribution is 2.21. The predicted molar refractivity (Wildman–Crippen MR) is 85.3 cm³/mol. The number of likely N-dealkylation sites (tertiary alicyclic amines) is 1. The minimum absolute atomic E-state index is 0.0799. The van der Waals surface area contributed by atoms with Gasteiger partial charge in [0.1, 0.15) is 5.69 Å². The third-order valence-electron chi connectivity index (χ3n) is 4.29. The van der Waals surface area contributed by atoms with E-state index in [4.69, 9.17) is 5.73 Å². The van der Waals surface area contributed by atoms with Crippen LogP contribution >= 0.6 is 0 Å². The number of H-pyrrole nitrogens is 1. The molecule has 5 heteroatoms. The molecular formula is C16H22N4O. The van der Waals surface area contributed by atoms with E-state index in [1.54, 1.807) is 0 Å². The van der Waals surface area contributed by atoms with Gasteiger partial charge in [-0.3, -0.25) is 4.79 Å². The molecule has 21 heavy (non-hydrogen) atoms. The summed E-state index contributed by atoms with van der Waals surface area (Å²) in [4.78, 5) is 20.0. The number of aromatic nitrogens is 1. The Morgan fingerprint density at radius 3 is 2.95 bits per heavy atom. The fourth-order valence-electron chi connectivity index (χ4n) is 3.00. The van der Waals surface area contributed by atoms with Crippen molar-refractivity contribution >= 4 is 22.5 Å². The molecule has 1 saturated heterocycles. The number of likely N-dealkylation sites (N-methyl/N-ethyl adjacent to an activating group) is 1. The van der Waals surface area contributed by atoms with Crippen LogP contribution in [0, 0.1) is 0 Å². The van der Waals surface area contributed by atoms with Crippen molar-refractivity contribution in [1.29, 1.82) is 0 Å². The van der Waals surface area contributed by atoms with Gasteiger partial charge >= 0.3 is 0 Å². The second kappa shape index (κ2) is 5.41. The van der Waals surface area contributed by atoms with Crippen molar-refractivity contribution in [1.82, 2.24) is 14.8 Å². The molecule has 3 rings (SSSR count). The monoisotopic (exact) mass is 286 g/mol. The van der Waals surface area contributed by atoms with Crippen molar-refractivity contribution in [2.75, 3.05) is 32.9 Å². The predicted octanol–water partition coefficient (Wildman–Crippen LogP) is 1.92. The smallest absolute Gasteiger partial charge is 0.270 e. The Balaban J connectivity index is 1.82. The third kappa shape index (κ3) is 2.74. The Kier molecular flexibility index (Phi) is 3.59. The summed E-state index contributed by atoms with van der Waals surface area (Å²) < 4.78 is 0. The number of aromatic amines is 1. The number of nitrogens with zero attached hydrogens (tertiary/aromatic N) is 2. The summed E-state index contributed by atoms with van der Waals surface area (Å²) in [5.41, 5.74) is 8.10. The Morgan fingerprint density at radius 2 is 2.19 bits per heavy atom. The molecule has 1 atom stereocenters. The van der Waals surface area contributed by atoms with Crippen LogP contribution in [0.15, 0.2) is 24.3 Å². The molecule has 1 aliphatic rings. The molecule has 1 amide bonds. The van der Waals surface area contributed by atoms with Crippen molar-refractivity contribution in [3.8, 4) is 0 Å². The maximum atomic E-state index is 12.7. The first-order valence-electron chi connectivity index (χ1n) is 7.38. The first-order valence-corrected chi connectivity index (χ1v) is 7.38. The van der Waals surface area contributed by atoms with Crippen LogP contribution in [0.5, 0.6) is 0 Å². The topological polar surface area (TPSA) is 65.4 Å². The van der Waals surface area contributed by atoms with Crippen LogP contribution in [0.3, 0.4) is 0 Å². The van der Waals surface area contributed by atoms with Crippen LogP contribution in [0.2, 0.25) is 0 Å². The first-order chi connectivity index (χ1) is 10.0. The number of nitrogens with one attached hydrogen (secondary N) is 1. The summed E-state index contributed by atoms with van der Waals surface area (Å²) in [5, 5.41) is 0.986. The van der Waals surface area contributed by atoms with Gasteiger partial charge in [0, 0.05) is 35.7 Å². The van der Waals surface area contributed by atoms with Gasteiger partial charge in [-0.05, 0) is 51.2 Å². The van der Waals surface area contributed by atoms with Crippen molar-refractivity contribution in [3.63, 3.8) is 0 Å². The second-order valence-corrected chi connectivity index (χ2v) is 6.04. The summed E-state index contributed by atoms with van der Waals surface area (Å²) in [6, 6.07) is 7.99. The maximum absolute atomic E-state index is 12.7. The van der Waals surface area contributed by atoms with Crippen LogP contribution in [0.1, 0.15) is 23.3 Å². The average molecular weight is 286 g/mol. The van der Waals surface area contributed by atoms with Gasteiger partial charge in [0.15, 0.2) is 0 Å². The van der Waals surface area contributed by atoms with Gasteiger partial charge in [-0.2, -0.15) is 0 Å². The van der Waals surface area contributed by atoms with E-state index < -0.39 is 0 Å². The van der Waals surface area contributed by atoms with E-state index in [1.807, 2.05) is 29.2 Å². The number of amides is 1. The molecule has 1 aromatic heterocycles. The fraction of sp³-hybridized carbons (Fsp3) is 0.438. The highest BCUT2D eigenvalue weighted by molar-refractivity contribution is 5.98.